The molecule has 0 bridgehead atoms. The molecule has 0 atom stereocenters. The highest BCUT2D eigenvalue weighted by molar-refractivity contribution is 5.97. The topological polar surface area (TPSA) is 118 Å². The largest absolute Gasteiger partial charge is 0.493 e. The lowest BCUT2D eigenvalue weighted by Gasteiger charge is -2.12. The van der Waals surface area contributed by atoms with Gasteiger partial charge in [0.25, 0.3) is 11.8 Å². The molecule has 188 valence electrons. The van der Waals surface area contributed by atoms with Gasteiger partial charge in [0.05, 0.1) is 24.1 Å². The second kappa shape index (κ2) is 10.9. The quantitative estimate of drug-likeness (QED) is 0.327. The maximum Gasteiger partial charge on any atom is 0.257 e. The number of hydrogen-bond acceptors (Lipinski definition) is 6. The standard InChI is InChI=1S/C28H27N5O4/c1-36-25-15-19(7-8-24(25)37-17-26(34)29-12-9-18-5-3-2-4-6-18)27-30-13-11-22(33-27)23-16-20-21(32-23)10-14-31-28(20)35/h2-8,11,13,15-16,32H,9-10,12,14,17H2,1H3,(H,29,34)(H,31,35). The van der Waals surface area contributed by atoms with Gasteiger partial charge in [-0.2, -0.15) is 0 Å². The fourth-order valence-corrected chi connectivity index (χ4v) is 4.19. The van der Waals surface area contributed by atoms with Gasteiger partial charge in [-0.25, -0.2) is 9.97 Å². The average molecular weight is 498 g/mol. The molecule has 0 saturated carbocycles. The highest BCUT2D eigenvalue weighted by atomic mass is 16.5. The monoisotopic (exact) mass is 497 g/mol. The number of methoxy groups -OCH3 is 1. The van der Waals surface area contributed by atoms with E-state index < -0.39 is 0 Å². The lowest BCUT2D eigenvalue weighted by atomic mass is 10.1. The molecule has 37 heavy (non-hydrogen) atoms. The minimum Gasteiger partial charge on any atom is -0.493 e. The summed E-state index contributed by atoms with van der Waals surface area (Å²) < 4.78 is 11.2. The zero-order chi connectivity index (χ0) is 25.6. The van der Waals surface area contributed by atoms with Crippen molar-refractivity contribution in [2.24, 2.45) is 0 Å². The molecule has 2 aromatic heterocycles. The number of nitrogens with one attached hydrogen (secondary N) is 3. The van der Waals surface area contributed by atoms with Crippen molar-refractivity contribution < 1.29 is 19.1 Å². The van der Waals surface area contributed by atoms with E-state index in [-0.39, 0.29) is 18.4 Å². The van der Waals surface area contributed by atoms with Crippen LogP contribution in [0.4, 0.5) is 0 Å². The van der Waals surface area contributed by atoms with Crippen molar-refractivity contribution >= 4 is 11.8 Å². The Labute approximate surface area is 214 Å². The normalized spacial score (nSPS) is 12.4. The van der Waals surface area contributed by atoms with Crippen LogP contribution in [0.5, 0.6) is 11.5 Å². The third-order valence-corrected chi connectivity index (χ3v) is 6.10. The maximum atomic E-state index is 12.2. The first-order valence-electron chi connectivity index (χ1n) is 12.1. The Morgan fingerprint density at radius 2 is 1.95 bits per heavy atom. The van der Waals surface area contributed by atoms with Crippen LogP contribution in [0, 0.1) is 0 Å². The Morgan fingerprint density at radius 3 is 2.76 bits per heavy atom. The van der Waals surface area contributed by atoms with Crippen LogP contribution in [0.15, 0.2) is 66.9 Å². The number of aromatic amines is 1. The number of benzene rings is 2. The molecule has 9 nitrogen and oxygen atoms in total. The van der Waals surface area contributed by atoms with Crippen molar-refractivity contribution in [2.45, 2.75) is 12.8 Å². The molecular formula is C28H27N5O4. The molecule has 4 aromatic rings. The van der Waals surface area contributed by atoms with Gasteiger partial charge in [-0.1, -0.05) is 30.3 Å². The second-order valence-corrected chi connectivity index (χ2v) is 8.59. The minimum atomic E-state index is -0.208. The van der Waals surface area contributed by atoms with Crippen molar-refractivity contribution in [2.75, 3.05) is 26.8 Å². The number of ether oxygens (including phenoxy) is 2. The van der Waals surface area contributed by atoms with E-state index in [9.17, 15) is 9.59 Å². The van der Waals surface area contributed by atoms with Crippen LogP contribution in [0.2, 0.25) is 0 Å². The van der Waals surface area contributed by atoms with Crippen LogP contribution in [0.3, 0.4) is 0 Å². The molecule has 5 rings (SSSR count). The van der Waals surface area contributed by atoms with Gasteiger partial charge >= 0.3 is 0 Å². The summed E-state index contributed by atoms with van der Waals surface area (Å²) in [5, 5.41) is 5.72. The van der Waals surface area contributed by atoms with Gasteiger partial charge in [-0.15, -0.1) is 0 Å². The van der Waals surface area contributed by atoms with Gasteiger partial charge in [0.1, 0.15) is 0 Å². The number of fused-ring (bicyclic) bond motifs is 1. The number of aromatic nitrogens is 3. The summed E-state index contributed by atoms with van der Waals surface area (Å²) in [4.78, 5) is 36.7. The van der Waals surface area contributed by atoms with Crippen molar-refractivity contribution in [3.05, 3.63) is 83.7 Å². The van der Waals surface area contributed by atoms with Crippen molar-refractivity contribution in [1.29, 1.82) is 0 Å². The van der Waals surface area contributed by atoms with Crippen LogP contribution in [0.1, 0.15) is 21.6 Å². The minimum absolute atomic E-state index is 0.0803. The lowest BCUT2D eigenvalue weighted by molar-refractivity contribution is -0.123. The number of nitrogens with zero attached hydrogens (tertiary/aromatic N) is 2. The van der Waals surface area contributed by atoms with E-state index in [4.69, 9.17) is 9.47 Å². The summed E-state index contributed by atoms with van der Waals surface area (Å²) in [6.45, 7) is 1.02. The number of carbonyl (C=O) groups excluding carboxylic acids is 2. The number of rotatable bonds is 9. The smallest absolute Gasteiger partial charge is 0.257 e. The van der Waals surface area contributed by atoms with Crippen LogP contribution in [0.25, 0.3) is 22.8 Å². The van der Waals surface area contributed by atoms with Gasteiger partial charge in [-0.05, 0) is 42.3 Å². The highest BCUT2D eigenvalue weighted by Crippen LogP contribution is 2.32. The molecule has 0 saturated heterocycles. The fourth-order valence-electron chi connectivity index (χ4n) is 4.19. The Morgan fingerprint density at radius 1 is 1.08 bits per heavy atom. The van der Waals surface area contributed by atoms with E-state index >= 15 is 0 Å². The second-order valence-electron chi connectivity index (χ2n) is 8.59. The van der Waals surface area contributed by atoms with E-state index in [2.05, 4.69) is 25.6 Å². The number of hydrogen-bond donors (Lipinski definition) is 3. The fraction of sp³-hybridized carbons (Fsp3) is 0.214. The first kappa shape index (κ1) is 24.1. The Balaban J connectivity index is 1.24. The van der Waals surface area contributed by atoms with Gasteiger partial charge in [0.15, 0.2) is 23.9 Å². The van der Waals surface area contributed by atoms with E-state index in [1.165, 1.54) is 7.11 Å². The summed E-state index contributed by atoms with van der Waals surface area (Å²) in [5.41, 5.74) is 4.88. The Bertz CT molecular complexity index is 1420. The zero-order valence-corrected chi connectivity index (χ0v) is 20.4. The Kier molecular flexibility index (Phi) is 7.12. The van der Waals surface area contributed by atoms with Gasteiger partial charge in [-0.3, -0.25) is 9.59 Å². The first-order chi connectivity index (χ1) is 18.1. The highest BCUT2D eigenvalue weighted by Gasteiger charge is 2.20. The SMILES string of the molecule is COc1cc(-c2nccc(-c3cc4c([nH]3)CCNC4=O)n2)ccc1OCC(=O)NCCc1ccccc1. The summed E-state index contributed by atoms with van der Waals surface area (Å²) in [6.07, 6.45) is 3.18. The number of carbonyl (C=O) groups is 2. The van der Waals surface area contributed by atoms with Crippen molar-refractivity contribution in [3.8, 4) is 34.3 Å². The average Bonchev–Trinajstić information content (AvgIpc) is 3.38. The van der Waals surface area contributed by atoms with Crippen molar-refractivity contribution in [3.63, 3.8) is 0 Å². The molecule has 0 fully saturated rings. The summed E-state index contributed by atoms with van der Waals surface area (Å²) in [7, 11) is 1.54. The molecule has 9 heteroatoms. The molecule has 0 aliphatic carbocycles. The molecule has 2 amide bonds. The third kappa shape index (κ3) is 5.61. The first-order valence-corrected chi connectivity index (χ1v) is 12.1. The van der Waals surface area contributed by atoms with Crippen LogP contribution >= 0.6 is 0 Å². The molecule has 1 aliphatic heterocycles. The van der Waals surface area contributed by atoms with E-state index in [1.807, 2.05) is 42.5 Å². The van der Waals surface area contributed by atoms with E-state index in [0.717, 1.165) is 35.4 Å². The van der Waals surface area contributed by atoms with Crippen LogP contribution in [-0.4, -0.2) is 53.6 Å². The summed E-state index contributed by atoms with van der Waals surface area (Å²) in [6, 6.07) is 18.9. The van der Waals surface area contributed by atoms with Gasteiger partial charge in [0.2, 0.25) is 0 Å². The molecule has 3 heterocycles. The molecule has 3 N–H and O–H groups in total. The van der Waals surface area contributed by atoms with Crippen molar-refractivity contribution in [1.82, 2.24) is 25.6 Å². The summed E-state index contributed by atoms with van der Waals surface area (Å²) >= 11 is 0. The lowest BCUT2D eigenvalue weighted by Crippen LogP contribution is -2.31. The van der Waals surface area contributed by atoms with Crippen LogP contribution < -0.4 is 20.1 Å². The molecular weight excluding hydrogens is 470 g/mol. The molecule has 0 unspecified atom stereocenters. The summed E-state index contributed by atoms with van der Waals surface area (Å²) in [5.74, 6) is 1.13. The molecule has 1 aliphatic rings. The number of amides is 2. The Hall–Kier alpha value is -4.66. The predicted octanol–water partition coefficient (Wildman–Crippen LogP) is 3.17. The van der Waals surface area contributed by atoms with E-state index in [0.29, 0.717) is 41.7 Å². The third-order valence-electron chi connectivity index (χ3n) is 6.10. The van der Waals surface area contributed by atoms with Gasteiger partial charge in [0, 0.05) is 37.0 Å². The number of H-pyrrole nitrogens is 1. The van der Waals surface area contributed by atoms with Crippen LogP contribution in [-0.2, 0) is 17.6 Å². The van der Waals surface area contributed by atoms with Gasteiger partial charge < -0.3 is 25.1 Å². The predicted molar refractivity (Wildman–Crippen MR) is 138 cm³/mol. The molecule has 2 aromatic carbocycles. The molecule has 0 spiro atoms. The van der Waals surface area contributed by atoms with E-state index in [1.54, 1.807) is 24.4 Å². The molecule has 0 radical (unpaired) electrons. The zero-order valence-electron chi connectivity index (χ0n) is 20.4. The maximum absolute atomic E-state index is 12.2.